The molecule has 11 nitrogen and oxygen atoms in total. The number of halogens is 1. The number of amides is 1. The molecule has 0 atom stereocenters. The Morgan fingerprint density at radius 3 is 2.24 bits per heavy atom. The van der Waals surface area contributed by atoms with Crippen molar-refractivity contribution in [2.24, 2.45) is 0 Å². The number of nitrogens with one attached hydrogen (secondary N) is 4. The highest BCUT2D eigenvalue weighted by atomic mass is 35.5. The van der Waals surface area contributed by atoms with Crippen LogP contribution in [0.3, 0.4) is 0 Å². The maximum atomic E-state index is 12.1. The quantitative estimate of drug-likeness (QED) is 0.274. The summed E-state index contributed by atoms with van der Waals surface area (Å²) in [6.07, 6.45) is 4.58. The van der Waals surface area contributed by atoms with Crippen molar-refractivity contribution >= 4 is 40.8 Å². The first-order valence-corrected chi connectivity index (χ1v) is 16.3. The van der Waals surface area contributed by atoms with Gasteiger partial charge < -0.3 is 40.3 Å². The molecule has 0 radical (unpaired) electrons. The van der Waals surface area contributed by atoms with Gasteiger partial charge in [0.05, 0.1) is 5.39 Å². The highest BCUT2D eigenvalue weighted by Gasteiger charge is 2.37. The Bertz CT molecular complexity index is 1260. The predicted molar refractivity (Wildman–Crippen MR) is 184 cm³/mol. The summed E-state index contributed by atoms with van der Waals surface area (Å²) >= 11 is 5.69. The molecule has 5 rings (SSSR count). The molecule has 0 spiro atoms. The summed E-state index contributed by atoms with van der Waals surface area (Å²) in [5.41, 5.74) is 0.537. The van der Waals surface area contributed by atoms with Gasteiger partial charge in [-0.25, -0.2) is 14.8 Å². The van der Waals surface area contributed by atoms with Crippen LogP contribution in [0.5, 0.6) is 0 Å². The van der Waals surface area contributed by atoms with Crippen LogP contribution in [0.2, 0.25) is 5.02 Å². The topological polar surface area (TPSA) is 128 Å². The fraction of sp³-hybridized carbons (Fsp3) is 0.576. The Morgan fingerprint density at radius 1 is 1.07 bits per heavy atom. The number of nitrogens with zero attached hydrogens (tertiary/aromatic N) is 4. The number of ether oxygens (including phenoxy) is 1. The lowest BCUT2D eigenvalue weighted by atomic mass is 9.89. The Labute approximate surface area is 273 Å². The summed E-state index contributed by atoms with van der Waals surface area (Å²) in [7, 11) is 1.93. The summed E-state index contributed by atoms with van der Waals surface area (Å²) in [4.78, 5) is 39.9. The molecule has 2 saturated heterocycles. The zero-order valence-corrected chi connectivity index (χ0v) is 28.8. The number of aromatic amines is 1. The van der Waals surface area contributed by atoms with Crippen LogP contribution in [0.1, 0.15) is 59.9 Å². The summed E-state index contributed by atoms with van der Waals surface area (Å²) in [5.74, 6) is 0.836. The van der Waals surface area contributed by atoms with Crippen molar-refractivity contribution < 1.29 is 14.3 Å². The summed E-state index contributed by atoms with van der Waals surface area (Å²) in [6.45, 7) is 19.7. The van der Waals surface area contributed by atoms with Crippen LogP contribution in [-0.2, 0) is 16.1 Å². The molecule has 2 fully saturated rings. The highest BCUT2D eigenvalue weighted by molar-refractivity contribution is 6.30. The number of benzene rings is 1. The van der Waals surface area contributed by atoms with Gasteiger partial charge in [0.15, 0.2) is 0 Å². The lowest BCUT2D eigenvalue weighted by Crippen LogP contribution is -2.57. The maximum Gasteiger partial charge on any atom is 0.408 e. The predicted octanol–water partition coefficient (Wildman–Crippen LogP) is 5.02. The molecular weight excluding hydrogens is 592 g/mol. The number of hydrogen-bond donors (Lipinski definition) is 4. The zero-order chi connectivity index (χ0) is 33.3. The fourth-order valence-corrected chi connectivity index (χ4v) is 4.97. The standard InChI is InChI=1S/C17H23N5O3.C8H10ClN.C6H14N2.C2H6/c1-16(2,3)25-15(24)21-17(10-23)5-8-22(9-6-17)14-12-4-7-18-13(12)19-11-20-14;1-10-6-7-2-4-8(9)5-3-7;1-2-8-5-3-7-4-6-8;1-2/h4,7,10-11H,5-6,8-9H2,1-3H3,(H,21,24)(H,18,19,20);2-5,10H,6H2,1H3;7H,2-6H2,1H3;1-2H3. The van der Waals surface area contributed by atoms with Gasteiger partial charge >= 0.3 is 6.09 Å². The molecule has 1 aromatic carbocycles. The SMILES string of the molecule is CC.CC(C)(C)OC(=O)NC1(C=O)CCN(c2ncnc3[nH]ccc23)CC1.CCN1CCNCC1.CNCc1ccc(Cl)cc1. The monoisotopic (exact) mass is 644 g/mol. The van der Waals surface area contributed by atoms with Crippen molar-refractivity contribution in [3.05, 3.63) is 53.4 Å². The molecular formula is C33H53ClN8O3. The van der Waals surface area contributed by atoms with Crippen LogP contribution >= 0.6 is 11.6 Å². The second kappa shape index (κ2) is 19.3. The molecule has 45 heavy (non-hydrogen) atoms. The summed E-state index contributed by atoms with van der Waals surface area (Å²) in [5, 5.41) is 10.9. The lowest BCUT2D eigenvalue weighted by Gasteiger charge is -2.39. The number of fused-ring (bicyclic) bond motifs is 1. The van der Waals surface area contributed by atoms with E-state index in [1.807, 2.05) is 57.4 Å². The Kier molecular flexibility index (Phi) is 16.3. The minimum absolute atomic E-state index is 0.492. The summed E-state index contributed by atoms with van der Waals surface area (Å²) < 4.78 is 5.28. The van der Waals surface area contributed by atoms with E-state index in [9.17, 15) is 9.59 Å². The molecule has 0 aliphatic carbocycles. The van der Waals surface area contributed by atoms with E-state index in [1.165, 1.54) is 44.6 Å². The maximum absolute atomic E-state index is 12.1. The van der Waals surface area contributed by atoms with E-state index in [1.54, 1.807) is 20.8 Å². The second-order valence-corrected chi connectivity index (χ2v) is 12.1. The number of aromatic nitrogens is 3. The number of likely N-dealkylation sites (N-methyl/N-ethyl adjacent to an activating group) is 1. The van der Waals surface area contributed by atoms with Gasteiger partial charge in [-0.3, -0.25) is 0 Å². The molecule has 2 aromatic heterocycles. The number of rotatable bonds is 6. The van der Waals surface area contributed by atoms with Crippen molar-refractivity contribution in [3.8, 4) is 0 Å². The Hall–Kier alpha value is -3.25. The molecule has 4 heterocycles. The third-order valence-corrected chi connectivity index (χ3v) is 7.47. The fourth-order valence-electron chi connectivity index (χ4n) is 4.84. The van der Waals surface area contributed by atoms with Crippen LogP contribution < -0.4 is 20.9 Å². The van der Waals surface area contributed by atoms with Crippen LogP contribution in [0.25, 0.3) is 11.0 Å². The number of aldehydes is 1. The van der Waals surface area contributed by atoms with E-state index in [4.69, 9.17) is 16.3 Å². The normalized spacial score (nSPS) is 16.1. The van der Waals surface area contributed by atoms with E-state index in [-0.39, 0.29) is 0 Å². The largest absolute Gasteiger partial charge is 0.444 e. The summed E-state index contributed by atoms with van der Waals surface area (Å²) in [6, 6.07) is 9.76. The van der Waals surface area contributed by atoms with Gasteiger partial charge in [-0.05, 0) is 71.0 Å². The minimum atomic E-state index is -0.900. The number of H-pyrrole nitrogens is 1. The molecule has 12 heteroatoms. The van der Waals surface area contributed by atoms with E-state index in [2.05, 4.69) is 47.6 Å². The van der Waals surface area contributed by atoms with Gasteiger partial charge in [0.25, 0.3) is 0 Å². The van der Waals surface area contributed by atoms with Crippen molar-refractivity contribution in [2.75, 3.05) is 57.8 Å². The molecule has 0 bridgehead atoms. The lowest BCUT2D eigenvalue weighted by molar-refractivity contribution is -0.114. The highest BCUT2D eigenvalue weighted by Crippen LogP contribution is 2.28. The van der Waals surface area contributed by atoms with Gasteiger partial charge in [-0.1, -0.05) is 44.5 Å². The first kappa shape index (κ1) is 37.9. The second-order valence-electron chi connectivity index (χ2n) is 11.7. The average molecular weight is 645 g/mol. The molecule has 1 amide bonds. The number of alkyl carbamates (subject to hydrolysis) is 1. The smallest absolute Gasteiger partial charge is 0.408 e. The number of carbonyl (C=O) groups excluding carboxylic acids is 2. The first-order valence-electron chi connectivity index (χ1n) is 15.9. The van der Waals surface area contributed by atoms with Gasteiger partial charge in [-0.15, -0.1) is 0 Å². The Balaban J connectivity index is 0.000000288. The van der Waals surface area contributed by atoms with Crippen molar-refractivity contribution in [3.63, 3.8) is 0 Å². The third kappa shape index (κ3) is 12.9. The number of piperazine rings is 1. The van der Waals surface area contributed by atoms with Gasteiger partial charge in [0.2, 0.25) is 0 Å². The number of anilines is 1. The van der Waals surface area contributed by atoms with E-state index < -0.39 is 17.2 Å². The molecule has 0 saturated carbocycles. The van der Waals surface area contributed by atoms with Gasteiger partial charge in [0, 0.05) is 57.0 Å². The van der Waals surface area contributed by atoms with E-state index in [0.717, 1.165) is 34.7 Å². The van der Waals surface area contributed by atoms with Gasteiger partial charge in [-0.2, -0.15) is 0 Å². The zero-order valence-electron chi connectivity index (χ0n) is 28.1. The van der Waals surface area contributed by atoms with Crippen LogP contribution in [0.4, 0.5) is 10.6 Å². The molecule has 250 valence electrons. The molecule has 2 aliphatic rings. The van der Waals surface area contributed by atoms with Crippen molar-refractivity contribution in [1.82, 2.24) is 35.8 Å². The molecule has 2 aliphatic heterocycles. The first-order chi connectivity index (χ1) is 21.6. The minimum Gasteiger partial charge on any atom is -0.444 e. The van der Waals surface area contributed by atoms with E-state index >= 15 is 0 Å². The number of piperidine rings is 1. The molecule has 0 unspecified atom stereocenters. The van der Waals surface area contributed by atoms with E-state index in [0.29, 0.717) is 25.9 Å². The number of carbonyl (C=O) groups is 2. The van der Waals surface area contributed by atoms with Crippen molar-refractivity contribution in [2.45, 2.75) is 72.1 Å². The van der Waals surface area contributed by atoms with Gasteiger partial charge in [0.1, 0.15) is 35.2 Å². The Morgan fingerprint density at radius 2 is 1.71 bits per heavy atom. The third-order valence-electron chi connectivity index (χ3n) is 7.21. The number of hydrogen-bond acceptors (Lipinski definition) is 9. The van der Waals surface area contributed by atoms with Crippen molar-refractivity contribution in [1.29, 1.82) is 0 Å². The van der Waals surface area contributed by atoms with Crippen LogP contribution in [-0.4, -0.2) is 96.2 Å². The van der Waals surface area contributed by atoms with Crippen LogP contribution in [0, 0.1) is 0 Å². The molecule has 4 N–H and O–H groups in total. The van der Waals surface area contributed by atoms with Crippen LogP contribution in [0.15, 0.2) is 42.9 Å². The molecule has 3 aromatic rings. The average Bonchev–Trinajstić information content (AvgIpc) is 3.53.